The van der Waals surface area contributed by atoms with Crippen LogP contribution in [-0.2, 0) is 27.9 Å². The largest absolute Gasteiger partial charge is 0.371 e. The second-order valence-corrected chi connectivity index (χ2v) is 6.59. The van der Waals surface area contributed by atoms with Gasteiger partial charge < -0.3 is 9.30 Å². The van der Waals surface area contributed by atoms with Gasteiger partial charge in [-0.15, -0.1) is 10.2 Å². The van der Waals surface area contributed by atoms with E-state index < -0.39 is 10.0 Å². The van der Waals surface area contributed by atoms with Crippen LogP contribution in [0.3, 0.4) is 0 Å². The molecule has 0 saturated heterocycles. The molecule has 0 bridgehead atoms. The maximum absolute atomic E-state index is 11.4. The molecule has 0 radical (unpaired) electrons. The Labute approximate surface area is 107 Å². The zero-order chi connectivity index (χ0) is 13.3. The molecule has 0 aromatic carbocycles. The third-order valence-corrected chi connectivity index (χ3v) is 4.41. The number of hydrogen-bond acceptors (Lipinski definition) is 5. The van der Waals surface area contributed by atoms with Crippen molar-refractivity contribution in [2.45, 2.75) is 32.5 Å². The minimum atomic E-state index is -3.21. The van der Waals surface area contributed by atoms with Gasteiger partial charge in [-0.1, -0.05) is 6.92 Å². The summed E-state index contributed by atoms with van der Waals surface area (Å²) in [5.41, 5.74) is 0. The number of aromatic nitrogens is 3. The fraction of sp³-hybridized carbons (Fsp3) is 0.800. The molecular formula is C10H18N4O3S. The lowest BCUT2D eigenvalue weighted by Gasteiger charge is -2.26. The zero-order valence-electron chi connectivity index (χ0n) is 10.8. The standard InChI is InChI=1S/C10H18N4O3S/c1-4-8-6-17-7-10-12-11-9(14(8)10)5-13(2)18(3,15)16/h8H,4-7H2,1-3H3. The Morgan fingerprint density at radius 2 is 2.22 bits per heavy atom. The highest BCUT2D eigenvalue weighted by Crippen LogP contribution is 2.22. The van der Waals surface area contributed by atoms with Gasteiger partial charge in [-0.2, -0.15) is 4.31 Å². The second kappa shape index (κ2) is 4.94. The Morgan fingerprint density at radius 1 is 1.50 bits per heavy atom. The van der Waals surface area contributed by atoms with E-state index in [9.17, 15) is 8.42 Å². The van der Waals surface area contributed by atoms with Crippen molar-refractivity contribution in [3.05, 3.63) is 11.6 Å². The van der Waals surface area contributed by atoms with Crippen LogP contribution in [-0.4, -0.2) is 47.4 Å². The monoisotopic (exact) mass is 274 g/mol. The average molecular weight is 274 g/mol. The minimum absolute atomic E-state index is 0.187. The van der Waals surface area contributed by atoms with Gasteiger partial charge in [0.25, 0.3) is 0 Å². The van der Waals surface area contributed by atoms with Crippen molar-refractivity contribution in [1.82, 2.24) is 19.1 Å². The van der Waals surface area contributed by atoms with E-state index in [2.05, 4.69) is 17.1 Å². The van der Waals surface area contributed by atoms with Gasteiger partial charge >= 0.3 is 0 Å². The molecule has 1 aromatic rings. The Bertz CT molecular complexity index is 525. The second-order valence-electron chi connectivity index (χ2n) is 4.50. The van der Waals surface area contributed by atoms with Crippen LogP contribution in [0.1, 0.15) is 31.0 Å². The lowest BCUT2D eigenvalue weighted by Crippen LogP contribution is -2.30. The van der Waals surface area contributed by atoms with E-state index in [1.165, 1.54) is 17.6 Å². The number of sulfonamides is 1. The highest BCUT2D eigenvalue weighted by molar-refractivity contribution is 7.88. The van der Waals surface area contributed by atoms with Crippen molar-refractivity contribution >= 4 is 10.0 Å². The predicted molar refractivity (Wildman–Crippen MR) is 65.3 cm³/mol. The summed E-state index contributed by atoms with van der Waals surface area (Å²) >= 11 is 0. The number of nitrogens with zero attached hydrogens (tertiary/aromatic N) is 4. The quantitative estimate of drug-likeness (QED) is 0.781. The minimum Gasteiger partial charge on any atom is -0.371 e. The first-order valence-corrected chi connectivity index (χ1v) is 7.70. The summed E-state index contributed by atoms with van der Waals surface area (Å²) in [5.74, 6) is 1.44. The maximum Gasteiger partial charge on any atom is 0.211 e. The Balaban J connectivity index is 2.28. The van der Waals surface area contributed by atoms with Crippen molar-refractivity contribution in [3.63, 3.8) is 0 Å². The van der Waals surface area contributed by atoms with Crippen molar-refractivity contribution in [2.75, 3.05) is 19.9 Å². The normalized spacial score (nSPS) is 20.1. The van der Waals surface area contributed by atoms with Crippen LogP contribution in [0.2, 0.25) is 0 Å². The number of ether oxygens (including phenoxy) is 1. The molecule has 0 aliphatic carbocycles. The first kappa shape index (κ1) is 13.4. The predicted octanol–water partition coefficient (Wildman–Crippen LogP) is 0.151. The fourth-order valence-electron chi connectivity index (χ4n) is 1.97. The van der Waals surface area contributed by atoms with Gasteiger partial charge in [0.1, 0.15) is 12.4 Å². The summed E-state index contributed by atoms with van der Waals surface area (Å²) in [4.78, 5) is 0. The van der Waals surface area contributed by atoms with Gasteiger partial charge in [-0.05, 0) is 6.42 Å². The molecule has 102 valence electrons. The van der Waals surface area contributed by atoms with E-state index in [1.807, 2.05) is 4.57 Å². The van der Waals surface area contributed by atoms with Crippen LogP contribution >= 0.6 is 0 Å². The van der Waals surface area contributed by atoms with Crippen LogP contribution in [0.5, 0.6) is 0 Å². The van der Waals surface area contributed by atoms with Crippen LogP contribution in [0.4, 0.5) is 0 Å². The van der Waals surface area contributed by atoms with E-state index in [-0.39, 0.29) is 12.6 Å². The lowest BCUT2D eigenvalue weighted by molar-refractivity contribution is 0.0519. The van der Waals surface area contributed by atoms with Gasteiger partial charge in [0, 0.05) is 7.05 Å². The Hall–Kier alpha value is -0.990. The third-order valence-electron chi connectivity index (χ3n) is 3.15. The van der Waals surface area contributed by atoms with Gasteiger partial charge in [0.15, 0.2) is 5.82 Å². The molecule has 0 N–H and O–H groups in total. The average Bonchev–Trinajstić information content (AvgIpc) is 2.71. The summed E-state index contributed by atoms with van der Waals surface area (Å²) < 4.78 is 31.5. The van der Waals surface area contributed by atoms with Gasteiger partial charge in [-0.25, -0.2) is 8.42 Å². The molecule has 1 aliphatic rings. The van der Waals surface area contributed by atoms with Crippen LogP contribution in [0.15, 0.2) is 0 Å². The number of hydrogen-bond donors (Lipinski definition) is 0. The van der Waals surface area contributed by atoms with Crippen molar-refractivity contribution in [3.8, 4) is 0 Å². The summed E-state index contributed by atoms with van der Waals surface area (Å²) in [7, 11) is -1.67. The van der Waals surface area contributed by atoms with Crippen molar-refractivity contribution in [1.29, 1.82) is 0 Å². The Morgan fingerprint density at radius 3 is 2.83 bits per heavy atom. The molecule has 0 saturated carbocycles. The SMILES string of the molecule is CCC1COCc2nnc(CN(C)S(C)(=O)=O)n21. The molecule has 1 aliphatic heterocycles. The Kier molecular flexibility index (Phi) is 3.69. The van der Waals surface area contributed by atoms with E-state index in [4.69, 9.17) is 4.74 Å². The summed E-state index contributed by atoms with van der Waals surface area (Å²) in [6.07, 6.45) is 2.08. The topological polar surface area (TPSA) is 77.3 Å². The summed E-state index contributed by atoms with van der Waals surface area (Å²) in [5, 5.41) is 8.13. The van der Waals surface area contributed by atoms with Gasteiger partial charge in [-0.3, -0.25) is 0 Å². The molecule has 18 heavy (non-hydrogen) atoms. The lowest BCUT2D eigenvalue weighted by atomic mass is 10.2. The van der Waals surface area contributed by atoms with Crippen LogP contribution in [0, 0.1) is 0 Å². The summed E-state index contributed by atoms with van der Waals surface area (Å²) in [6, 6.07) is 0.187. The van der Waals surface area contributed by atoms with Crippen LogP contribution < -0.4 is 0 Å². The third kappa shape index (κ3) is 2.55. The van der Waals surface area contributed by atoms with E-state index in [0.717, 1.165) is 12.2 Å². The highest BCUT2D eigenvalue weighted by Gasteiger charge is 2.25. The maximum atomic E-state index is 11.4. The first-order chi connectivity index (χ1) is 8.43. The van der Waals surface area contributed by atoms with E-state index >= 15 is 0 Å². The number of rotatable bonds is 4. The first-order valence-electron chi connectivity index (χ1n) is 5.85. The van der Waals surface area contributed by atoms with Gasteiger partial charge in [0.05, 0.1) is 25.4 Å². The van der Waals surface area contributed by atoms with Crippen LogP contribution in [0.25, 0.3) is 0 Å². The molecule has 2 heterocycles. The molecule has 1 aromatic heterocycles. The molecule has 7 nitrogen and oxygen atoms in total. The molecule has 2 rings (SSSR count). The smallest absolute Gasteiger partial charge is 0.211 e. The molecule has 0 amide bonds. The van der Waals surface area contributed by atoms with Crippen molar-refractivity contribution in [2.24, 2.45) is 0 Å². The van der Waals surface area contributed by atoms with E-state index in [1.54, 1.807) is 0 Å². The molecule has 1 atom stereocenters. The molecule has 0 fully saturated rings. The van der Waals surface area contributed by atoms with Crippen molar-refractivity contribution < 1.29 is 13.2 Å². The van der Waals surface area contributed by atoms with Gasteiger partial charge in [0.2, 0.25) is 10.0 Å². The van der Waals surface area contributed by atoms with E-state index in [0.29, 0.717) is 19.0 Å². The molecule has 1 unspecified atom stereocenters. The zero-order valence-corrected chi connectivity index (χ0v) is 11.6. The summed E-state index contributed by atoms with van der Waals surface area (Å²) in [6.45, 7) is 3.36. The highest BCUT2D eigenvalue weighted by atomic mass is 32.2. The molecular weight excluding hydrogens is 256 g/mol. The fourth-order valence-corrected chi connectivity index (χ4v) is 2.32. The molecule has 8 heteroatoms. The molecule has 0 spiro atoms. The number of fused-ring (bicyclic) bond motifs is 1.